The molecule has 0 heterocycles. The monoisotopic (exact) mass is 257 g/mol. The second-order valence-electron chi connectivity index (χ2n) is 4.87. The van der Waals surface area contributed by atoms with Crippen molar-refractivity contribution in [1.29, 1.82) is 0 Å². The number of halogens is 2. The van der Waals surface area contributed by atoms with E-state index in [2.05, 4.69) is 0 Å². The quantitative estimate of drug-likeness (QED) is 0.818. The molecule has 0 unspecified atom stereocenters. The smallest absolute Gasteiger partial charge is 0.179 e. The molecule has 0 saturated carbocycles. The molecule has 0 atom stereocenters. The summed E-state index contributed by atoms with van der Waals surface area (Å²) in [5, 5.41) is 9.16. The summed E-state index contributed by atoms with van der Waals surface area (Å²) in [7, 11) is 1.64. The van der Waals surface area contributed by atoms with E-state index in [1.807, 2.05) is 0 Å². The molecule has 100 valence electrons. The topological polar surface area (TPSA) is 40.5 Å². The van der Waals surface area contributed by atoms with Crippen LogP contribution in [0, 0.1) is 11.6 Å². The summed E-state index contributed by atoms with van der Waals surface area (Å²) >= 11 is 0. The molecule has 0 fully saturated rings. The molecule has 1 aromatic carbocycles. The first kappa shape index (κ1) is 14.7. The molecule has 0 aliphatic carbocycles. The van der Waals surface area contributed by atoms with Gasteiger partial charge in [0.1, 0.15) is 11.6 Å². The van der Waals surface area contributed by atoms with Crippen LogP contribution in [0.25, 0.3) is 0 Å². The van der Waals surface area contributed by atoms with Crippen molar-refractivity contribution in [3.63, 3.8) is 0 Å². The fourth-order valence-corrected chi connectivity index (χ4v) is 1.35. The molecule has 0 amide bonds. The number of carbonyl (C=O) groups excluding carboxylic acids is 1. The summed E-state index contributed by atoms with van der Waals surface area (Å²) in [6.45, 7) is 3.28. The van der Waals surface area contributed by atoms with Gasteiger partial charge in [0, 0.05) is 5.54 Å². The first-order valence-electron chi connectivity index (χ1n) is 5.58. The lowest BCUT2D eigenvalue weighted by Gasteiger charge is -2.33. The van der Waals surface area contributed by atoms with Crippen LogP contribution >= 0.6 is 0 Å². The van der Waals surface area contributed by atoms with Gasteiger partial charge in [-0.2, -0.15) is 0 Å². The van der Waals surface area contributed by atoms with E-state index in [1.54, 1.807) is 25.8 Å². The van der Waals surface area contributed by atoms with Gasteiger partial charge in [-0.25, -0.2) is 8.78 Å². The van der Waals surface area contributed by atoms with Crippen molar-refractivity contribution in [3.8, 4) is 0 Å². The highest BCUT2D eigenvalue weighted by atomic mass is 19.1. The molecule has 0 radical (unpaired) electrons. The number of Topliss-reactive ketones (excluding diaryl/α,β-unsaturated/α-hetero) is 1. The van der Waals surface area contributed by atoms with Crippen molar-refractivity contribution < 1.29 is 18.7 Å². The predicted octanol–water partition coefficient (Wildman–Crippen LogP) is 1.85. The van der Waals surface area contributed by atoms with E-state index in [0.29, 0.717) is 0 Å². The van der Waals surface area contributed by atoms with Crippen LogP contribution in [0.4, 0.5) is 8.78 Å². The summed E-state index contributed by atoms with van der Waals surface area (Å²) in [4.78, 5) is 13.5. The number of rotatable bonds is 5. The van der Waals surface area contributed by atoms with Crippen LogP contribution in [0.1, 0.15) is 24.2 Å². The number of hydrogen-bond donors (Lipinski definition) is 1. The zero-order valence-corrected chi connectivity index (χ0v) is 10.7. The minimum absolute atomic E-state index is 0.0894. The van der Waals surface area contributed by atoms with E-state index in [0.717, 1.165) is 18.2 Å². The van der Waals surface area contributed by atoms with Crippen LogP contribution in [0.15, 0.2) is 18.2 Å². The SMILES string of the molecule is CN(CC(=O)c1cc(F)ccc1F)C(C)(C)CO. The minimum Gasteiger partial charge on any atom is -0.394 e. The maximum atomic E-state index is 13.4. The van der Waals surface area contributed by atoms with Gasteiger partial charge in [-0.15, -0.1) is 0 Å². The fraction of sp³-hybridized carbons (Fsp3) is 0.462. The highest BCUT2D eigenvalue weighted by Crippen LogP contribution is 2.15. The molecule has 18 heavy (non-hydrogen) atoms. The van der Waals surface area contributed by atoms with Crippen molar-refractivity contribution in [3.05, 3.63) is 35.4 Å². The average Bonchev–Trinajstić information content (AvgIpc) is 2.31. The molecular weight excluding hydrogens is 240 g/mol. The molecule has 0 aromatic heterocycles. The van der Waals surface area contributed by atoms with E-state index in [4.69, 9.17) is 5.11 Å². The Bertz CT molecular complexity index is 447. The van der Waals surface area contributed by atoms with Gasteiger partial charge in [0.15, 0.2) is 5.78 Å². The number of likely N-dealkylation sites (N-methyl/N-ethyl adjacent to an activating group) is 1. The fourth-order valence-electron chi connectivity index (χ4n) is 1.35. The largest absolute Gasteiger partial charge is 0.394 e. The highest BCUT2D eigenvalue weighted by Gasteiger charge is 2.25. The third kappa shape index (κ3) is 3.34. The van der Waals surface area contributed by atoms with Crippen LogP contribution in [0.3, 0.4) is 0 Å². The average molecular weight is 257 g/mol. The second kappa shape index (κ2) is 5.54. The molecular formula is C13H17F2NO2. The summed E-state index contributed by atoms with van der Waals surface area (Å²) in [5.41, 5.74) is -0.866. The van der Waals surface area contributed by atoms with E-state index in [1.165, 1.54) is 0 Å². The molecule has 0 bridgehead atoms. The molecule has 0 saturated heterocycles. The Labute approximate surface area is 105 Å². The van der Waals surface area contributed by atoms with Gasteiger partial charge >= 0.3 is 0 Å². The standard InChI is InChI=1S/C13H17F2NO2/c1-13(2,8-17)16(3)7-12(18)10-6-9(14)4-5-11(10)15/h4-6,17H,7-8H2,1-3H3. The van der Waals surface area contributed by atoms with Gasteiger partial charge in [0.2, 0.25) is 0 Å². The Morgan fingerprint density at radius 1 is 1.39 bits per heavy atom. The first-order valence-corrected chi connectivity index (χ1v) is 5.58. The Morgan fingerprint density at radius 3 is 2.56 bits per heavy atom. The van der Waals surface area contributed by atoms with Crippen molar-refractivity contribution in [1.82, 2.24) is 4.90 Å². The van der Waals surface area contributed by atoms with Crippen molar-refractivity contribution >= 4 is 5.78 Å². The number of ketones is 1. The summed E-state index contributed by atoms with van der Waals surface area (Å²) in [6.07, 6.45) is 0. The summed E-state index contributed by atoms with van der Waals surface area (Å²) in [6, 6.07) is 2.78. The van der Waals surface area contributed by atoms with Gasteiger partial charge in [-0.1, -0.05) is 0 Å². The molecule has 0 aliphatic rings. The number of aliphatic hydroxyl groups excluding tert-OH is 1. The molecule has 0 spiro atoms. The first-order chi connectivity index (χ1) is 8.27. The lowest BCUT2D eigenvalue weighted by atomic mass is 10.0. The van der Waals surface area contributed by atoms with Crippen molar-refractivity contribution in [2.24, 2.45) is 0 Å². The maximum absolute atomic E-state index is 13.4. The van der Waals surface area contributed by atoms with Crippen LogP contribution in [0.2, 0.25) is 0 Å². The van der Waals surface area contributed by atoms with Crippen LogP contribution in [-0.4, -0.2) is 41.5 Å². The lowest BCUT2D eigenvalue weighted by molar-refractivity contribution is 0.0656. The Balaban J connectivity index is 2.86. The third-order valence-electron chi connectivity index (χ3n) is 3.03. The Hall–Kier alpha value is -1.33. The van der Waals surface area contributed by atoms with E-state index in [-0.39, 0.29) is 18.7 Å². The highest BCUT2D eigenvalue weighted by molar-refractivity contribution is 5.97. The van der Waals surface area contributed by atoms with Gasteiger partial charge in [0.05, 0.1) is 18.7 Å². The van der Waals surface area contributed by atoms with Crippen molar-refractivity contribution in [2.45, 2.75) is 19.4 Å². The zero-order chi connectivity index (χ0) is 13.9. The molecule has 0 aliphatic heterocycles. The lowest BCUT2D eigenvalue weighted by Crippen LogP contribution is -2.46. The maximum Gasteiger partial charge on any atom is 0.179 e. The van der Waals surface area contributed by atoms with E-state index >= 15 is 0 Å². The molecule has 5 heteroatoms. The predicted molar refractivity (Wildman–Crippen MR) is 64.5 cm³/mol. The third-order valence-corrected chi connectivity index (χ3v) is 3.03. The van der Waals surface area contributed by atoms with Crippen LogP contribution < -0.4 is 0 Å². The number of carbonyl (C=O) groups is 1. The van der Waals surface area contributed by atoms with Gasteiger partial charge in [-0.3, -0.25) is 9.69 Å². The van der Waals surface area contributed by atoms with Gasteiger partial charge in [-0.05, 0) is 39.1 Å². The van der Waals surface area contributed by atoms with Gasteiger partial charge in [0.25, 0.3) is 0 Å². The van der Waals surface area contributed by atoms with Crippen LogP contribution in [-0.2, 0) is 0 Å². The number of benzene rings is 1. The molecule has 1 aromatic rings. The second-order valence-corrected chi connectivity index (χ2v) is 4.87. The molecule has 1 rings (SSSR count). The minimum atomic E-state index is -0.739. The number of hydrogen-bond acceptors (Lipinski definition) is 3. The van der Waals surface area contributed by atoms with Crippen LogP contribution in [0.5, 0.6) is 0 Å². The van der Waals surface area contributed by atoms with Crippen molar-refractivity contribution in [2.75, 3.05) is 20.2 Å². The Morgan fingerprint density at radius 2 is 2.00 bits per heavy atom. The number of nitrogens with zero attached hydrogens (tertiary/aromatic N) is 1. The zero-order valence-electron chi connectivity index (χ0n) is 10.7. The van der Waals surface area contributed by atoms with Gasteiger partial charge < -0.3 is 5.11 Å². The van der Waals surface area contributed by atoms with E-state index in [9.17, 15) is 13.6 Å². The summed E-state index contributed by atoms with van der Waals surface area (Å²) in [5.74, 6) is -1.91. The van der Waals surface area contributed by atoms with E-state index < -0.39 is 23.0 Å². The number of aliphatic hydroxyl groups is 1. The normalized spacial score (nSPS) is 11.9. The molecule has 3 nitrogen and oxygen atoms in total. The Kier molecular flexibility index (Phi) is 4.53. The summed E-state index contributed by atoms with van der Waals surface area (Å²) < 4.78 is 26.4. The molecule has 1 N–H and O–H groups in total.